The molecule has 1 heterocycles. The number of nitrogens with one attached hydrogen (secondary N) is 1. The van der Waals surface area contributed by atoms with E-state index < -0.39 is 0 Å². The van der Waals surface area contributed by atoms with Gasteiger partial charge >= 0.3 is 0 Å². The van der Waals surface area contributed by atoms with Gasteiger partial charge in [0.05, 0.1) is 11.7 Å². The molecule has 0 saturated heterocycles. The molecule has 2 saturated carbocycles. The number of para-hydroxylation sites is 1. The molecule has 136 valence electrons. The van der Waals surface area contributed by atoms with E-state index in [9.17, 15) is 9.59 Å². The second-order valence-corrected chi connectivity index (χ2v) is 8.27. The Balaban J connectivity index is 1.53. The Morgan fingerprint density at radius 3 is 2.81 bits per heavy atom. The van der Waals surface area contributed by atoms with Gasteiger partial charge in [-0.3, -0.25) is 14.3 Å². The molecule has 6 heteroatoms. The van der Waals surface area contributed by atoms with Crippen LogP contribution in [-0.4, -0.2) is 21.4 Å². The quantitative estimate of drug-likeness (QED) is 0.863. The van der Waals surface area contributed by atoms with E-state index in [-0.39, 0.29) is 28.7 Å². The van der Waals surface area contributed by atoms with Crippen molar-refractivity contribution in [3.63, 3.8) is 0 Å². The lowest BCUT2D eigenvalue weighted by molar-refractivity contribution is -0.121. The Kier molecular flexibility index (Phi) is 3.75. The van der Waals surface area contributed by atoms with Gasteiger partial charge in [0.2, 0.25) is 5.43 Å². The first-order chi connectivity index (χ1) is 12.3. The molecule has 2 aliphatic carbocycles. The molecule has 1 amide bonds. The minimum Gasteiger partial charge on any atom is -0.287 e. The van der Waals surface area contributed by atoms with Crippen LogP contribution in [0.3, 0.4) is 0 Å². The summed E-state index contributed by atoms with van der Waals surface area (Å²) >= 11 is 0. The third-order valence-electron chi connectivity index (χ3n) is 6.88. The molecule has 26 heavy (non-hydrogen) atoms. The molecule has 0 spiro atoms. The summed E-state index contributed by atoms with van der Waals surface area (Å²) < 4.78 is 1.54. The zero-order chi connectivity index (χ0) is 18.5. The third-order valence-corrected chi connectivity index (χ3v) is 6.88. The molecule has 0 unspecified atom stereocenters. The monoisotopic (exact) mass is 352 g/mol. The number of carbonyl (C=O) groups excluding carboxylic acids is 1. The Morgan fingerprint density at radius 2 is 2.12 bits per heavy atom. The molecule has 2 bridgehead atoms. The van der Waals surface area contributed by atoms with Crippen molar-refractivity contribution in [2.24, 2.45) is 21.8 Å². The first-order valence-corrected chi connectivity index (χ1v) is 9.14. The number of fused-ring (bicyclic) bond motifs is 3. The van der Waals surface area contributed by atoms with Crippen LogP contribution in [0.5, 0.6) is 0 Å². The van der Waals surface area contributed by atoms with Crippen molar-refractivity contribution < 1.29 is 4.79 Å². The van der Waals surface area contributed by atoms with Gasteiger partial charge in [0.1, 0.15) is 6.54 Å². The zero-order valence-corrected chi connectivity index (χ0v) is 15.5. The van der Waals surface area contributed by atoms with Crippen molar-refractivity contribution in [3.05, 3.63) is 40.7 Å². The van der Waals surface area contributed by atoms with Crippen molar-refractivity contribution in [1.29, 1.82) is 0 Å². The number of amides is 1. The summed E-state index contributed by atoms with van der Waals surface area (Å²) in [5.41, 5.74) is 4.61. The van der Waals surface area contributed by atoms with Crippen molar-refractivity contribution in [3.8, 4) is 0 Å². The molecular weight excluding hydrogens is 328 g/mol. The highest BCUT2D eigenvalue weighted by Gasteiger charge is 2.59. The van der Waals surface area contributed by atoms with Gasteiger partial charge in [0.25, 0.3) is 5.91 Å². The maximum atomic E-state index is 12.4. The lowest BCUT2D eigenvalue weighted by atomic mass is 9.70. The van der Waals surface area contributed by atoms with Crippen LogP contribution in [0.4, 0.5) is 0 Å². The van der Waals surface area contributed by atoms with Crippen molar-refractivity contribution in [1.82, 2.24) is 15.2 Å². The number of hydrogen-bond donors (Lipinski definition) is 1. The van der Waals surface area contributed by atoms with Crippen LogP contribution in [0.2, 0.25) is 0 Å². The molecule has 1 N–H and O–H groups in total. The van der Waals surface area contributed by atoms with E-state index >= 15 is 0 Å². The van der Waals surface area contributed by atoms with Gasteiger partial charge in [-0.05, 0) is 42.7 Å². The SMILES string of the molecule is CC1(C)[C@@H]2CC[C@@]1(C)/C(=N/NC(=O)Cn1ncc(=O)c3ccccc31)C2. The molecule has 0 aliphatic heterocycles. The lowest BCUT2D eigenvalue weighted by Crippen LogP contribution is -2.34. The number of hydrazone groups is 1. The first-order valence-electron chi connectivity index (χ1n) is 9.14. The van der Waals surface area contributed by atoms with E-state index in [1.807, 2.05) is 6.07 Å². The predicted molar refractivity (Wildman–Crippen MR) is 101 cm³/mol. The molecule has 2 aliphatic rings. The smallest absolute Gasteiger partial charge is 0.261 e. The first kappa shape index (κ1) is 16.9. The summed E-state index contributed by atoms with van der Waals surface area (Å²) in [4.78, 5) is 24.3. The average Bonchev–Trinajstić information content (AvgIpc) is 2.96. The summed E-state index contributed by atoms with van der Waals surface area (Å²) in [6, 6.07) is 7.17. The minimum atomic E-state index is -0.233. The zero-order valence-electron chi connectivity index (χ0n) is 15.5. The Hall–Kier alpha value is -2.50. The third kappa shape index (κ3) is 2.39. The van der Waals surface area contributed by atoms with E-state index in [0.29, 0.717) is 16.8 Å². The van der Waals surface area contributed by atoms with Crippen LogP contribution in [0.15, 0.2) is 40.4 Å². The standard InChI is InChI=1S/C20H24N4O2/c1-19(2)13-8-9-20(19,3)17(10-13)22-23-18(26)12-24-15-7-5-4-6-14(15)16(25)11-21-24/h4-7,11,13H,8-10,12H2,1-3H3,(H,23,26)/b22-17+/t13-,20+/m1/s1. The molecule has 2 aromatic rings. The van der Waals surface area contributed by atoms with Crippen molar-refractivity contribution in [2.75, 3.05) is 0 Å². The largest absolute Gasteiger partial charge is 0.287 e. The van der Waals surface area contributed by atoms with Crippen LogP contribution in [0.1, 0.15) is 40.0 Å². The number of rotatable bonds is 3. The van der Waals surface area contributed by atoms with Crippen molar-refractivity contribution in [2.45, 2.75) is 46.6 Å². The molecule has 6 nitrogen and oxygen atoms in total. The van der Waals surface area contributed by atoms with Crippen molar-refractivity contribution >= 4 is 22.5 Å². The van der Waals surface area contributed by atoms with Crippen LogP contribution in [0.25, 0.3) is 10.9 Å². The van der Waals surface area contributed by atoms with Gasteiger partial charge in [-0.15, -0.1) is 0 Å². The van der Waals surface area contributed by atoms with Crippen LogP contribution in [-0.2, 0) is 11.3 Å². The number of carbonyl (C=O) groups is 1. The number of nitrogens with zero attached hydrogens (tertiary/aromatic N) is 3. The fourth-order valence-corrected chi connectivity index (χ4v) is 4.69. The van der Waals surface area contributed by atoms with Gasteiger partial charge in [-0.2, -0.15) is 10.2 Å². The normalized spacial score (nSPS) is 28.0. The summed E-state index contributed by atoms with van der Waals surface area (Å²) in [6.45, 7) is 6.92. The van der Waals surface area contributed by atoms with E-state index in [0.717, 1.165) is 18.6 Å². The highest BCUT2D eigenvalue weighted by Crippen LogP contribution is 2.63. The molecule has 0 radical (unpaired) electrons. The molecular formula is C20H24N4O2. The predicted octanol–water partition coefficient (Wildman–Crippen LogP) is 2.71. The summed E-state index contributed by atoms with van der Waals surface area (Å²) in [6.07, 6.45) is 4.58. The molecule has 1 aromatic heterocycles. The molecule has 1 aromatic carbocycles. The second kappa shape index (κ2) is 5.76. The van der Waals surface area contributed by atoms with E-state index in [2.05, 4.69) is 36.4 Å². The van der Waals surface area contributed by atoms with Gasteiger partial charge in [-0.1, -0.05) is 32.9 Å². The van der Waals surface area contributed by atoms with E-state index in [1.54, 1.807) is 22.9 Å². The maximum absolute atomic E-state index is 12.4. The summed E-state index contributed by atoms with van der Waals surface area (Å²) in [5.74, 6) is 0.413. The van der Waals surface area contributed by atoms with Gasteiger partial charge in [-0.25, -0.2) is 5.43 Å². The Morgan fingerprint density at radius 1 is 1.35 bits per heavy atom. The summed E-state index contributed by atoms with van der Waals surface area (Å²) in [5, 5.41) is 9.14. The number of benzene rings is 1. The topological polar surface area (TPSA) is 76.3 Å². The summed E-state index contributed by atoms with van der Waals surface area (Å²) in [7, 11) is 0. The maximum Gasteiger partial charge on any atom is 0.261 e. The van der Waals surface area contributed by atoms with Gasteiger partial charge in [0, 0.05) is 16.5 Å². The van der Waals surface area contributed by atoms with Gasteiger partial charge in [0.15, 0.2) is 0 Å². The van der Waals surface area contributed by atoms with E-state index in [1.165, 1.54) is 12.6 Å². The average molecular weight is 352 g/mol. The molecule has 2 atom stereocenters. The van der Waals surface area contributed by atoms with Crippen LogP contribution in [0, 0.1) is 16.7 Å². The fraction of sp³-hybridized carbons (Fsp3) is 0.500. The fourth-order valence-electron chi connectivity index (χ4n) is 4.69. The lowest BCUT2D eigenvalue weighted by Gasteiger charge is -2.34. The number of hydrogen-bond acceptors (Lipinski definition) is 4. The molecule has 2 fully saturated rings. The second-order valence-electron chi connectivity index (χ2n) is 8.27. The number of aromatic nitrogens is 2. The molecule has 4 rings (SSSR count). The highest BCUT2D eigenvalue weighted by atomic mass is 16.2. The minimum absolute atomic E-state index is 0.0289. The van der Waals surface area contributed by atoms with Crippen LogP contribution < -0.4 is 10.9 Å². The van der Waals surface area contributed by atoms with Gasteiger partial charge < -0.3 is 0 Å². The van der Waals surface area contributed by atoms with Crippen LogP contribution >= 0.6 is 0 Å². The Labute approximate surface area is 152 Å². The highest BCUT2D eigenvalue weighted by molar-refractivity contribution is 5.95. The Bertz CT molecular complexity index is 975. The van der Waals surface area contributed by atoms with E-state index in [4.69, 9.17) is 0 Å².